The second kappa shape index (κ2) is 4.07. The number of allylic oxidation sites excluding steroid dienone is 1. The lowest BCUT2D eigenvalue weighted by molar-refractivity contribution is -0.104. The second-order valence-corrected chi connectivity index (χ2v) is 3.23. The molecule has 62 valence electrons. The van der Waals surface area contributed by atoms with Crippen LogP contribution in [0.4, 0.5) is 5.69 Å². The number of anilines is 1. The molecule has 0 radical (unpaired) electrons. The average Bonchev–Trinajstić information content (AvgIpc) is 2.04. The Morgan fingerprint density at radius 3 is 2.83 bits per heavy atom. The molecule has 1 aromatic rings. The average molecular weight is 226 g/mol. The molecule has 1 rings (SSSR count). The van der Waals surface area contributed by atoms with Gasteiger partial charge < -0.3 is 5.73 Å². The maximum atomic E-state index is 10.2. The van der Waals surface area contributed by atoms with E-state index in [0.29, 0.717) is 10.2 Å². The van der Waals surface area contributed by atoms with E-state index in [0.717, 1.165) is 11.8 Å². The van der Waals surface area contributed by atoms with E-state index in [4.69, 9.17) is 5.73 Å². The van der Waals surface area contributed by atoms with Crippen molar-refractivity contribution in [1.29, 1.82) is 0 Å². The summed E-state index contributed by atoms with van der Waals surface area (Å²) in [6.45, 7) is 0. The van der Waals surface area contributed by atoms with Gasteiger partial charge in [0.1, 0.15) is 0 Å². The molecule has 0 saturated heterocycles. The molecule has 0 saturated carbocycles. The van der Waals surface area contributed by atoms with Crippen LogP contribution in [0.5, 0.6) is 0 Å². The predicted molar refractivity (Wildman–Crippen MR) is 53.8 cm³/mol. The van der Waals surface area contributed by atoms with Gasteiger partial charge in [-0.05, 0) is 39.7 Å². The number of nitrogen functional groups attached to an aromatic ring is 1. The van der Waals surface area contributed by atoms with Crippen LogP contribution in [-0.4, -0.2) is 6.29 Å². The monoisotopic (exact) mass is 225 g/mol. The summed E-state index contributed by atoms with van der Waals surface area (Å²) in [6, 6.07) is 7.31. The van der Waals surface area contributed by atoms with Crippen LogP contribution in [-0.2, 0) is 4.79 Å². The van der Waals surface area contributed by atoms with Crippen molar-refractivity contribution in [3.05, 3.63) is 34.3 Å². The van der Waals surface area contributed by atoms with Gasteiger partial charge in [-0.1, -0.05) is 12.1 Å². The Labute approximate surface area is 79.2 Å². The Morgan fingerprint density at radius 2 is 2.25 bits per heavy atom. The number of nitrogens with two attached hydrogens (primary N) is 1. The number of hydrogen-bond acceptors (Lipinski definition) is 2. The fourth-order valence-electron chi connectivity index (χ4n) is 0.842. The van der Waals surface area contributed by atoms with E-state index in [1.807, 2.05) is 12.1 Å². The van der Waals surface area contributed by atoms with E-state index >= 15 is 0 Å². The fourth-order valence-corrected chi connectivity index (χ4v) is 1.11. The van der Waals surface area contributed by atoms with Crippen LogP contribution < -0.4 is 5.73 Å². The van der Waals surface area contributed by atoms with Crippen molar-refractivity contribution < 1.29 is 4.79 Å². The van der Waals surface area contributed by atoms with Crippen LogP contribution in [0.3, 0.4) is 0 Å². The Bertz CT molecular complexity index is 320. The van der Waals surface area contributed by atoms with Gasteiger partial charge in [-0.15, -0.1) is 0 Å². The molecule has 0 aliphatic rings. The van der Waals surface area contributed by atoms with Crippen molar-refractivity contribution in [2.75, 3.05) is 5.73 Å². The summed E-state index contributed by atoms with van der Waals surface area (Å²) in [6.07, 6.45) is 2.45. The van der Waals surface area contributed by atoms with Crippen molar-refractivity contribution >= 4 is 34.0 Å². The van der Waals surface area contributed by atoms with Gasteiger partial charge in [0, 0.05) is 5.69 Å². The van der Waals surface area contributed by atoms with E-state index in [-0.39, 0.29) is 0 Å². The van der Waals surface area contributed by atoms with Crippen LogP contribution in [0.2, 0.25) is 0 Å². The molecule has 0 aliphatic heterocycles. The molecule has 1 aromatic carbocycles. The van der Waals surface area contributed by atoms with Crippen molar-refractivity contribution in [2.24, 2.45) is 0 Å². The van der Waals surface area contributed by atoms with E-state index in [9.17, 15) is 4.79 Å². The highest BCUT2D eigenvalue weighted by atomic mass is 79.9. The van der Waals surface area contributed by atoms with Gasteiger partial charge in [-0.2, -0.15) is 0 Å². The Hall–Kier alpha value is -1.09. The number of carbonyl (C=O) groups is 1. The van der Waals surface area contributed by atoms with Crippen LogP contribution in [0, 0.1) is 0 Å². The highest BCUT2D eigenvalue weighted by molar-refractivity contribution is 9.12. The molecule has 3 heteroatoms. The zero-order valence-electron chi connectivity index (χ0n) is 6.33. The molecule has 2 nitrogen and oxygen atoms in total. The van der Waals surface area contributed by atoms with Crippen molar-refractivity contribution in [1.82, 2.24) is 0 Å². The maximum absolute atomic E-state index is 10.2. The molecule has 0 spiro atoms. The minimum atomic E-state index is 0.508. The first-order valence-corrected chi connectivity index (χ1v) is 4.19. The number of carbonyl (C=O) groups excluding carboxylic acids is 1. The SMILES string of the molecule is Nc1cccc(/C=C(/Br)C=O)c1. The summed E-state index contributed by atoms with van der Waals surface area (Å²) in [4.78, 5) is 10.2. The first kappa shape index (κ1) is 9.00. The molecule has 0 aliphatic carbocycles. The van der Waals surface area contributed by atoms with E-state index in [2.05, 4.69) is 15.9 Å². The molecular weight excluding hydrogens is 218 g/mol. The van der Waals surface area contributed by atoms with Crippen molar-refractivity contribution in [2.45, 2.75) is 0 Å². The molecule has 0 fully saturated rings. The van der Waals surface area contributed by atoms with Gasteiger partial charge in [0.05, 0.1) is 4.48 Å². The van der Waals surface area contributed by atoms with Gasteiger partial charge in [0.15, 0.2) is 6.29 Å². The molecular formula is C9H8BrNO. The van der Waals surface area contributed by atoms with E-state index in [1.165, 1.54) is 0 Å². The second-order valence-electron chi connectivity index (χ2n) is 2.32. The molecule has 0 bridgehead atoms. The highest BCUT2D eigenvalue weighted by Crippen LogP contribution is 2.12. The lowest BCUT2D eigenvalue weighted by Crippen LogP contribution is -1.84. The molecule has 0 unspecified atom stereocenters. The summed E-state index contributed by atoms with van der Waals surface area (Å²) in [5, 5.41) is 0. The summed E-state index contributed by atoms with van der Waals surface area (Å²) < 4.78 is 0.508. The largest absolute Gasteiger partial charge is 0.399 e. The fraction of sp³-hybridized carbons (Fsp3) is 0. The number of aldehydes is 1. The standard InChI is InChI=1S/C9H8BrNO/c10-8(6-12)4-7-2-1-3-9(11)5-7/h1-6H,11H2/b8-4+. The molecule has 0 amide bonds. The van der Waals surface area contributed by atoms with Gasteiger partial charge in [-0.3, -0.25) is 4.79 Å². The Morgan fingerprint density at radius 1 is 1.50 bits per heavy atom. The molecule has 0 atom stereocenters. The topological polar surface area (TPSA) is 43.1 Å². The lowest BCUT2D eigenvalue weighted by atomic mass is 10.2. The summed E-state index contributed by atoms with van der Waals surface area (Å²) in [7, 11) is 0. The molecule has 2 N–H and O–H groups in total. The lowest BCUT2D eigenvalue weighted by Gasteiger charge is -1.94. The van der Waals surface area contributed by atoms with Gasteiger partial charge in [0.2, 0.25) is 0 Å². The van der Waals surface area contributed by atoms with E-state index < -0.39 is 0 Å². The van der Waals surface area contributed by atoms with Crippen LogP contribution in [0.15, 0.2) is 28.7 Å². The van der Waals surface area contributed by atoms with E-state index in [1.54, 1.807) is 18.2 Å². The molecule has 0 aromatic heterocycles. The molecule has 12 heavy (non-hydrogen) atoms. The number of rotatable bonds is 2. The maximum Gasteiger partial charge on any atom is 0.157 e. The zero-order valence-corrected chi connectivity index (χ0v) is 7.91. The van der Waals surface area contributed by atoms with Crippen molar-refractivity contribution in [3.63, 3.8) is 0 Å². The number of halogens is 1. The van der Waals surface area contributed by atoms with Gasteiger partial charge in [0.25, 0.3) is 0 Å². The zero-order chi connectivity index (χ0) is 8.97. The Balaban J connectivity index is 2.97. The minimum absolute atomic E-state index is 0.508. The minimum Gasteiger partial charge on any atom is -0.399 e. The van der Waals surface area contributed by atoms with Gasteiger partial charge >= 0.3 is 0 Å². The normalized spacial score (nSPS) is 11.2. The summed E-state index contributed by atoms with van der Waals surface area (Å²) in [5.41, 5.74) is 7.14. The Kier molecular flexibility index (Phi) is 3.05. The smallest absolute Gasteiger partial charge is 0.157 e. The third-order valence-electron chi connectivity index (χ3n) is 1.33. The quantitative estimate of drug-likeness (QED) is 0.477. The predicted octanol–water partition coefficient (Wildman–Crippen LogP) is 2.20. The number of hydrogen-bond donors (Lipinski definition) is 1. The first-order chi connectivity index (χ1) is 5.72. The first-order valence-electron chi connectivity index (χ1n) is 3.40. The van der Waals surface area contributed by atoms with Crippen LogP contribution in [0.1, 0.15) is 5.56 Å². The summed E-state index contributed by atoms with van der Waals surface area (Å²) >= 11 is 3.09. The van der Waals surface area contributed by atoms with Crippen molar-refractivity contribution in [3.8, 4) is 0 Å². The third-order valence-corrected chi connectivity index (χ3v) is 1.74. The van der Waals surface area contributed by atoms with Crippen LogP contribution in [0.25, 0.3) is 6.08 Å². The molecule has 0 heterocycles. The highest BCUT2D eigenvalue weighted by Gasteiger charge is 1.90. The van der Waals surface area contributed by atoms with Gasteiger partial charge in [-0.25, -0.2) is 0 Å². The number of benzene rings is 1. The van der Waals surface area contributed by atoms with Crippen LogP contribution >= 0.6 is 15.9 Å². The third kappa shape index (κ3) is 2.51. The summed E-state index contributed by atoms with van der Waals surface area (Å²) in [5.74, 6) is 0.